The van der Waals surface area contributed by atoms with Gasteiger partial charge in [0.05, 0.1) is 0 Å². The molecule has 1 unspecified atom stereocenters. The molecule has 2 rings (SSSR count). The molecule has 0 aromatic heterocycles. The zero-order valence-corrected chi connectivity index (χ0v) is 12.3. The minimum Gasteiger partial charge on any atom is -0.343 e. The van der Waals surface area contributed by atoms with Gasteiger partial charge in [0.15, 0.2) is 0 Å². The molecular formula is C16H22N2O2. The van der Waals surface area contributed by atoms with Gasteiger partial charge in [-0.3, -0.25) is 9.59 Å². The van der Waals surface area contributed by atoms with E-state index < -0.39 is 11.6 Å². The quantitative estimate of drug-likeness (QED) is 0.914. The summed E-state index contributed by atoms with van der Waals surface area (Å²) in [6.07, 6.45) is 1.25. The van der Waals surface area contributed by atoms with Crippen LogP contribution in [-0.4, -0.2) is 28.3 Å². The molecule has 108 valence electrons. The molecule has 1 heterocycles. The van der Waals surface area contributed by atoms with Crippen LogP contribution in [0.4, 0.5) is 0 Å². The van der Waals surface area contributed by atoms with Crippen LogP contribution in [0.3, 0.4) is 0 Å². The van der Waals surface area contributed by atoms with Crippen molar-refractivity contribution in [3.05, 3.63) is 35.9 Å². The van der Waals surface area contributed by atoms with E-state index in [0.717, 1.165) is 5.56 Å². The maximum absolute atomic E-state index is 12.5. The molecule has 1 N–H and O–H groups in total. The first-order valence-corrected chi connectivity index (χ1v) is 7.21. The average molecular weight is 274 g/mol. The second-order valence-electron chi connectivity index (χ2n) is 5.34. The normalized spacial score (nSPS) is 21.8. The fourth-order valence-corrected chi connectivity index (χ4v) is 2.91. The molecule has 0 spiro atoms. The molecule has 0 bridgehead atoms. The summed E-state index contributed by atoms with van der Waals surface area (Å²) in [6.45, 7) is 6.15. The number of carbonyl (C=O) groups is 2. The van der Waals surface area contributed by atoms with E-state index in [2.05, 4.69) is 5.32 Å². The average Bonchev–Trinajstić information content (AvgIpc) is 2.47. The number of hydrogen-bond acceptors (Lipinski definition) is 2. The highest BCUT2D eigenvalue weighted by Gasteiger charge is 2.48. The first kappa shape index (κ1) is 14.6. The number of nitrogens with one attached hydrogen (secondary N) is 1. The Morgan fingerprint density at radius 2 is 1.75 bits per heavy atom. The molecule has 0 saturated carbocycles. The van der Waals surface area contributed by atoms with Crippen LogP contribution in [-0.2, 0) is 16.1 Å². The summed E-state index contributed by atoms with van der Waals surface area (Å²) in [5.74, 6) is -0.0392. The van der Waals surface area contributed by atoms with Gasteiger partial charge in [-0.15, -0.1) is 0 Å². The maximum atomic E-state index is 12.5. The van der Waals surface area contributed by atoms with Gasteiger partial charge >= 0.3 is 0 Å². The standard InChI is InChI=1S/C16H22N2O2/c1-4-16(5-2)15(20)17-12(3)14(19)18(16)11-13-9-7-6-8-10-13/h6-10,12H,4-5,11H2,1-3H3,(H,17,20). The maximum Gasteiger partial charge on any atom is 0.246 e. The minimum atomic E-state index is -0.723. The number of benzene rings is 1. The number of piperazine rings is 1. The molecule has 2 amide bonds. The van der Waals surface area contributed by atoms with E-state index in [1.54, 1.807) is 11.8 Å². The van der Waals surface area contributed by atoms with Crippen molar-refractivity contribution < 1.29 is 9.59 Å². The molecule has 0 aliphatic carbocycles. The van der Waals surface area contributed by atoms with Crippen LogP contribution >= 0.6 is 0 Å². The number of rotatable bonds is 4. The van der Waals surface area contributed by atoms with Crippen molar-refractivity contribution in [2.24, 2.45) is 0 Å². The molecule has 1 fully saturated rings. The van der Waals surface area contributed by atoms with E-state index >= 15 is 0 Å². The lowest BCUT2D eigenvalue weighted by Crippen LogP contribution is -2.69. The van der Waals surface area contributed by atoms with E-state index in [1.807, 2.05) is 44.2 Å². The van der Waals surface area contributed by atoms with Gasteiger partial charge in [0.2, 0.25) is 11.8 Å². The first-order valence-electron chi connectivity index (χ1n) is 7.21. The van der Waals surface area contributed by atoms with Gasteiger partial charge in [-0.1, -0.05) is 44.2 Å². The van der Waals surface area contributed by atoms with E-state index in [4.69, 9.17) is 0 Å². The third-order valence-electron chi connectivity index (χ3n) is 4.28. The summed E-state index contributed by atoms with van der Waals surface area (Å²) in [4.78, 5) is 26.7. The van der Waals surface area contributed by atoms with Crippen LogP contribution in [0.25, 0.3) is 0 Å². The van der Waals surface area contributed by atoms with E-state index in [9.17, 15) is 9.59 Å². The Morgan fingerprint density at radius 3 is 2.30 bits per heavy atom. The molecule has 1 aromatic rings. The zero-order chi connectivity index (χ0) is 14.8. The predicted molar refractivity (Wildman–Crippen MR) is 77.9 cm³/mol. The van der Waals surface area contributed by atoms with Gasteiger partial charge < -0.3 is 10.2 Å². The van der Waals surface area contributed by atoms with Crippen LogP contribution in [0.15, 0.2) is 30.3 Å². The SMILES string of the molecule is CCC1(CC)C(=O)NC(C)C(=O)N1Cc1ccccc1. The van der Waals surface area contributed by atoms with Crippen molar-refractivity contribution >= 4 is 11.8 Å². The molecule has 0 radical (unpaired) electrons. The second kappa shape index (κ2) is 5.65. The number of hydrogen-bond donors (Lipinski definition) is 1. The fourth-order valence-electron chi connectivity index (χ4n) is 2.91. The smallest absolute Gasteiger partial charge is 0.246 e. The monoisotopic (exact) mass is 274 g/mol. The second-order valence-corrected chi connectivity index (χ2v) is 5.34. The molecule has 1 atom stereocenters. The van der Waals surface area contributed by atoms with Crippen molar-refractivity contribution in [3.8, 4) is 0 Å². The fraction of sp³-hybridized carbons (Fsp3) is 0.500. The first-order chi connectivity index (χ1) is 9.55. The van der Waals surface area contributed by atoms with Crippen LogP contribution in [0.2, 0.25) is 0 Å². The number of carbonyl (C=O) groups excluding carboxylic acids is 2. The Kier molecular flexibility index (Phi) is 4.12. The summed E-state index contributed by atoms with van der Waals surface area (Å²) in [7, 11) is 0. The van der Waals surface area contributed by atoms with Gasteiger partial charge in [-0.25, -0.2) is 0 Å². The van der Waals surface area contributed by atoms with Crippen LogP contribution in [0, 0.1) is 0 Å². The number of amides is 2. The lowest BCUT2D eigenvalue weighted by Gasteiger charge is -2.47. The van der Waals surface area contributed by atoms with Crippen molar-refractivity contribution in [3.63, 3.8) is 0 Å². The summed E-state index contributed by atoms with van der Waals surface area (Å²) >= 11 is 0. The molecule has 1 aliphatic rings. The Hall–Kier alpha value is -1.84. The molecule has 1 aromatic carbocycles. The Labute approximate surface area is 120 Å². The molecule has 1 saturated heterocycles. The molecule has 4 heteroatoms. The van der Waals surface area contributed by atoms with Gasteiger partial charge in [-0.2, -0.15) is 0 Å². The van der Waals surface area contributed by atoms with E-state index in [0.29, 0.717) is 19.4 Å². The molecule has 4 nitrogen and oxygen atoms in total. The van der Waals surface area contributed by atoms with Gasteiger partial charge in [0, 0.05) is 6.54 Å². The van der Waals surface area contributed by atoms with Crippen LogP contribution in [0.1, 0.15) is 39.2 Å². The topological polar surface area (TPSA) is 49.4 Å². The largest absolute Gasteiger partial charge is 0.343 e. The molecular weight excluding hydrogens is 252 g/mol. The lowest BCUT2D eigenvalue weighted by molar-refractivity contribution is -0.158. The van der Waals surface area contributed by atoms with Crippen LogP contribution in [0.5, 0.6) is 0 Å². The van der Waals surface area contributed by atoms with Crippen molar-refractivity contribution in [1.82, 2.24) is 10.2 Å². The number of nitrogens with zero attached hydrogens (tertiary/aromatic N) is 1. The summed E-state index contributed by atoms with van der Waals surface area (Å²) in [5, 5.41) is 2.81. The van der Waals surface area contributed by atoms with Crippen LogP contribution < -0.4 is 5.32 Å². The van der Waals surface area contributed by atoms with E-state index in [1.165, 1.54) is 0 Å². The summed E-state index contributed by atoms with van der Waals surface area (Å²) in [5.41, 5.74) is 0.327. The van der Waals surface area contributed by atoms with E-state index in [-0.39, 0.29) is 11.8 Å². The minimum absolute atomic E-state index is 0.00264. The highest BCUT2D eigenvalue weighted by molar-refractivity contribution is 5.99. The van der Waals surface area contributed by atoms with Gasteiger partial charge in [0.1, 0.15) is 11.6 Å². The third kappa shape index (κ3) is 2.30. The molecule has 1 aliphatic heterocycles. The Morgan fingerprint density at radius 1 is 1.15 bits per heavy atom. The summed E-state index contributed by atoms with van der Waals surface area (Å²) < 4.78 is 0. The third-order valence-corrected chi connectivity index (χ3v) is 4.28. The van der Waals surface area contributed by atoms with Crippen molar-refractivity contribution in [2.75, 3.05) is 0 Å². The highest BCUT2D eigenvalue weighted by Crippen LogP contribution is 2.30. The van der Waals surface area contributed by atoms with Gasteiger partial charge in [-0.05, 0) is 25.3 Å². The Bertz CT molecular complexity index is 494. The van der Waals surface area contributed by atoms with Crippen molar-refractivity contribution in [1.29, 1.82) is 0 Å². The lowest BCUT2D eigenvalue weighted by atomic mass is 9.85. The van der Waals surface area contributed by atoms with Gasteiger partial charge in [0.25, 0.3) is 0 Å². The Balaban J connectivity index is 2.37. The van der Waals surface area contributed by atoms with Crippen molar-refractivity contribution in [2.45, 2.75) is 51.7 Å². The summed E-state index contributed by atoms with van der Waals surface area (Å²) in [6, 6.07) is 9.38. The zero-order valence-electron chi connectivity index (χ0n) is 12.3. The predicted octanol–water partition coefficient (Wildman–Crippen LogP) is 2.09. The molecule has 20 heavy (non-hydrogen) atoms. The highest BCUT2D eigenvalue weighted by atomic mass is 16.2.